The third-order valence-electron chi connectivity index (χ3n) is 3.19. The molecule has 0 aromatic rings. The van der Waals surface area contributed by atoms with Crippen molar-refractivity contribution in [2.24, 2.45) is 5.41 Å². The molecule has 1 aliphatic carbocycles. The number of quaternary nitrogens is 1. The summed E-state index contributed by atoms with van der Waals surface area (Å²) in [6.45, 7) is 1.91. The molecule has 2 aliphatic rings. The molecule has 0 radical (unpaired) electrons. The van der Waals surface area contributed by atoms with Crippen LogP contribution in [0, 0.1) is 5.41 Å². The van der Waals surface area contributed by atoms with E-state index >= 15 is 0 Å². The van der Waals surface area contributed by atoms with Gasteiger partial charge in [0.1, 0.15) is 31.1 Å². The summed E-state index contributed by atoms with van der Waals surface area (Å²) in [4.78, 5) is 21.9. The van der Waals surface area contributed by atoms with Gasteiger partial charge in [0.2, 0.25) is 0 Å². The maximum absolute atomic E-state index is 11.0. The summed E-state index contributed by atoms with van der Waals surface area (Å²) < 4.78 is 0.908. The highest BCUT2D eigenvalue weighted by Gasteiger charge is 2.38. The second-order valence-electron chi connectivity index (χ2n) is 5.20. The molecule has 1 fully saturated rings. The van der Waals surface area contributed by atoms with Crippen LogP contribution in [0.4, 0.5) is 0 Å². The average molecular weight is 333 g/mol. The van der Waals surface area contributed by atoms with E-state index in [-0.39, 0.29) is 24.0 Å². The van der Waals surface area contributed by atoms with E-state index in [1.54, 1.807) is 0 Å². The number of carbonyl (C=O) groups excluding carboxylic acids is 2. The van der Waals surface area contributed by atoms with Gasteiger partial charge < -0.3 is 38.0 Å². The van der Waals surface area contributed by atoms with E-state index in [1.165, 1.54) is 11.1 Å². The third-order valence-corrected chi connectivity index (χ3v) is 3.19. The number of likely N-dealkylation sites (tertiary alicyclic amines) is 1. The molecule has 2 rings (SSSR count). The van der Waals surface area contributed by atoms with Crippen LogP contribution in [-0.4, -0.2) is 44.2 Å². The molecule has 1 saturated heterocycles. The Morgan fingerprint density at radius 2 is 1.75 bits per heavy atom. The van der Waals surface area contributed by atoms with Gasteiger partial charge in [-0.3, -0.25) is 0 Å². The van der Waals surface area contributed by atoms with Crippen LogP contribution in [0.15, 0.2) is 23.3 Å². The molecule has 0 unspecified atom stereocenters. The van der Waals surface area contributed by atoms with E-state index < -0.39 is 5.41 Å². The Kier molecular flexibility index (Phi) is 3.74. The number of carbonyl (C=O) groups is 2. The molecule has 0 aromatic carbocycles. The molecule has 4 heteroatoms. The highest BCUT2D eigenvalue weighted by Crippen LogP contribution is 2.35. The van der Waals surface area contributed by atoms with Crippen molar-refractivity contribution < 1.29 is 38.0 Å². The first kappa shape index (κ1) is 13.6. The van der Waals surface area contributed by atoms with Crippen LogP contribution in [0.25, 0.3) is 0 Å². The number of rotatable bonds is 2. The molecule has 0 aromatic heterocycles. The van der Waals surface area contributed by atoms with Gasteiger partial charge in [0.15, 0.2) is 0 Å². The number of hydrogen-bond acceptors (Lipinski definition) is 2. The number of allylic oxidation sites excluding steroid dienone is 2. The Morgan fingerprint density at radius 3 is 2.31 bits per heavy atom. The minimum Gasteiger partial charge on any atom is -1.00 e. The van der Waals surface area contributed by atoms with Crippen molar-refractivity contribution in [1.82, 2.24) is 0 Å². The maximum atomic E-state index is 11.0. The van der Waals surface area contributed by atoms with Crippen molar-refractivity contribution in [3.05, 3.63) is 23.3 Å². The Labute approximate surface area is 113 Å². The summed E-state index contributed by atoms with van der Waals surface area (Å²) >= 11 is 0. The molecule has 0 spiro atoms. The highest BCUT2D eigenvalue weighted by atomic mass is 127. The lowest BCUT2D eigenvalue weighted by molar-refractivity contribution is -0.872. The van der Waals surface area contributed by atoms with E-state index in [2.05, 4.69) is 14.1 Å². The standard InChI is InChI=1S/C12H16NO2.HI/c1-13(2)6-10-3-4-12(8-14,9-15)5-11(10)7-13;/h3,5,8-9H,4,6-7H2,1-2H3;1H/q+1;/p-1. The number of halogens is 1. The molecule has 0 bridgehead atoms. The number of hydrogen-bond donors (Lipinski definition) is 0. The predicted octanol–water partition coefficient (Wildman–Crippen LogP) is -2.28. The Hall–Kier alpha value is -0.490. The second kappa shape index (κ2) is 4.41. The normalized spacial score (nSPS) is 24.6. The number of aldehydes is 2. The first-order valence-corrected chi connectivity index (χ1v) is 5.16. The largest absolute Gasteiger partial charge is 1.00 e. The number of fused-ring (bicyclic) bond motifs is 1. The zero-order valence-corrected chi connectivity index (χ0v) is 11.7. The Balaban J connectivity index is 0.00000128. The zero-order valence-electron chi connectivity index (χ0n) is 9.57. The first-order chi connectivity index (χ1) is 7.00. The van der Waals surface area contributed by atoms with Gasteiger partial charge in [-0.2, -0.15) is 0 Å². The lowest BCUT2D eigenvalue weighted by atomic mass is 9.80. The minimum atomic E-state index is -0.886. The fourth-order valence-electron chi connectivity index (χ4n) is 2.39. The van der Waals surface area contributed by atoms with E-state index in [4.69, 9.17) is 0 Å². The quantitative estimate of drug-likeness (QED) is 0.247. The molecule has 0 atom stereocenters. The van der Waals surface area contributed by atoms with Gasteiger partial charge in [0.05, 0.1) is 14.1 Å². The SMILES string of the molecule is C[N+]1(C)CC2=CCC(C=O)(C=O)C=C2C1.[I-]. The summed E-state index contributed by atoms with van der Waals surface area (Å²) in [6, 6.07) is 0. The van der Waals surface area contributed by atoms with Crippen LogP contribution in [-0.2, 0) is 9.59 Å². The molecular formula is C12H16INO2. The van der Waals surface area contributed by atoms with Crippen molar-refractivity contribution in [2.75, 3.05) is 27.2 Å². The minimum absolute atomic E-state index is 0. The third kappa shape index (κ3) is 2.27. The first-order valence-electron chi connectivity index (χ1n) is 5.16. The molecule has 1 heterocycles. The Morgan fingerprint density at radius 1 is 1.19 bits per heavy atom. The van der Waals surface area contributed by atoms with Crippen LogP contribution in [0.2, 0.25) is 0 Å². The lowest BCUT2D eigenvalue weighted by Crippen LogP contribution is -3.00. The van der Waals surface area contributed by atoms with Crippen molar-refractivity contribution >= 4 is 12.6 Å². The van der Waals surface area contributed by atoms with Crippen LogP contribution in [0.1, 0.15) is 6.42 Å². The summed E-state index contributed by atoms with van der Waals surface area (Å²) in [5.74, 6) is 0. The van der Waals surface area contributed by atoms with Crippen molar-refractivity contribution in [1.29, 1.82) is 0 Å². The second-order valence-corrected chi connectivity index (χ2v) is 5.20. The van der Waals surface area contributed by atoms with Crippen LogP contribution in [0.3, 0.4) is 0 Å². The molecule has 0 N–H and O–H groups in total. The number of likely N-dealkylation sites (N-methyl/N-ethyl adjacent to an activating group) is 1. The van der Waals surface area contributed by atoms with Crippen LogP contribution < -0.4 is 24.0 Å². The van der Waals surface area contributed by atoms with Gasteiger partial charge in [-0.05, 0) is 6.42 Å². The lowest BCUT2D eigenvalue weighted by Gasteiger charge is -2.21. The van der Waals surface area contributed by atoms with Gasteiger partial charge >= 0.3 is 0 Å². The van der Waals surface area contributed by atoms with Crippen molar-refractivity contribution in [3.8, 4) is 0 Å². The van der Waals surface area contributed by atoms with Gasteiger partial charge in [-0.15, -0.1) is 0 Å². The molecule has 3 nitrogen and oxygen atoms in total. The molecule has 88 valence electrons. The van der Waals surface area contributed by atoms with E-state index in [9.17, 15) is 9.59 Å². The molecule has 16 heavy (non-hydrogen) atoms. The topological polar surface area (TPSA) is 34.1 Å². The molecule has 0 saturated carbocycles. The van der Waals surface area contributed by atoms with E-state index in [1.807, 2.05) is 12.2 Å². The molecule has 1 aliphatic heterocycles. The van der Waals surface area contributed by atoms with Gasteiger partial charge in [-0.1, -0.05) is 12.2 Å². The van der Waals surface area contributed by atoms with Crippen molar-refractivity contribution in [2.45, 2.75) is 6.42 Å². The highest BCUT2D eigenvalue weighted by molar-refractivity contribution is 5.88. The van der Waals surface area contributed by atoms with Gasteiger partial charge in [-0.25, -0.2) is 0 Å². The fourth-order valence-corrected chi connectivity index (χ4v) is 2.39. The Bertz CT molecular complexity index is 374. The summed E-state index contributed by atoms with van der Waals surface area (Å²) in [5, 5.41) is 0. The smallest absolute Gasteiger partial charge is 0.137 e. The van der Waals surface area contributed by atoms with E-state index in [0.717, 1.165) is 30.1 Å². The predicted molar refractivity (Wildman–Crippen MR) is 57.2 cm³/mol. The zero-order chi connectivity index (χ0) is 11.1. The molecule has 0 amide bonds. The maximum Gasteiger partial charge on any atom is 0.137 e. The fraction of sp³-hybridized carbons (Fsp3) is 0.500. The number of nitrogens with zero attached hydrogens (tertiary/aromatic N) is 1. The monoisotopic (exact) mass is 333 g/mol. The van der Waals surface area contributed by atoms with Crippen LogP contribution >= 0.6 is 0 Å². The van der Waals surface area contributed by atoms with Gasteiger partial charge in [0, 0.05) is 11.1 Å². The van der Waals surface area contributed by atoms with Gasteiger partial charge in [0.25, 0.3) is 0 Å². The summed E-state index contributed by atoms with van der Waals surface area (Å²) in [6.07, 6.45) is 5.95. The van der Waals surface area contributed by atoms with Crippen molar-refractivity contribution in [3.63, 3.8) is 0 Å². The van der Waals surface area contributed by atoms with E-state index in [0.29, 0.717) is 6.42 Å². The average Bonchev–Trinajstić information content (AvgIpc) is 2.50. The summed E-state index contributed by atoms with van der Waals surface area (Å²) in [5.41, 5.74) is 1.59. The van der Waals surface area contributed by atoms with Crippen LogP contribution in [0.5, 0.6) is 0 Å². The molecular weight excluding hydrogens is 317 g/mol. The summed E-state index contributed by atoms with van der Waals surface area (Å²) in [7, 11) is 4.31.